The lowest BCUT2D eigenvalue weighted by atomic mass is 9.85. The minimum Gasteiger partial charge on any atom is -0.256 e. The summed E-state index contributed by atoms with van der Waals surface area (Å²) >= 11 is 2.48. The maximum Gasteiger partial charge on any atom is 0.221 e. The molecule has 5 rings (SSSR count). The van der Waals surface area contributed by atoms with Crippen LogP contribution < -0.4 is 4.57 Å². The molecule has 0 saturated carbocycles. The highest BCUT2D eigenvalue weighted by Gasteiger charge is 2.30. The van der Waals surface area contributed by atoms with E-state index in [4.69, 9.17) is 4.98 Å². The first kappa shape index (κ1) is 17.8. The number of pyridine rings is 2. The van der Waals surface area contributed by atoms with E-state index in [1.165, 1.54) is 44.3 Å². The molecule has 138 valence electrons. The van der Waals surface area contributed by atoms with E-state index in [1.54, 1.807) is 0 Å². The first-order valence-corrected chi connectivity index (χ1v) is 11.3. The highest BCUT2D eigenvalue weighted by Crippen LogP contribution is 2.40. The lowest BCUT2D eigenvalue weighted by Crippen LogP contribution is -2.40. The van der Waals surface area contributed by atoms with Crippen LogP contribution in [-0.4, -0.2) is 9.41 Å². The van der Waals surface area contributed by atoms with Crippen LogP contribution in [0.1, 0.15) is 16.7 Å². The lowest BCUT2D eigenvalue weighted by Gasteiger charge is -2.22. The summed E-state index contributed by atoms with van der Waals surface area (Å²) in [7, 11) is 0. The summed E-state index contributed by atoms with van der Waals surface area (Å²) in [6.45, 7) is 3.18. The lowest BCUT2D eigenvalue weighted by molar-refractivity contribution is -0.686. The average molecular weight is 477 g/mol. The van der Waals surface area contributed by atoms with Gasteiger partial charge in [-0.1, -0.05) is 52.9 Å². The van der Waals surface area contributed by atoms with Gasteiger partial charge in [0.1, 0.15) is 0 Å². The molecule has 2 aromatic carbocycles. The van der Waals surface area contributed by atoms with Crippen LogP contribution in [0.2, 0.25) is 0 Å². The van der Waals surface area contributed by atoms with E-state index < -0.39 is 0 Å². The summed E-state index contributed by atoms with van der Waals surface area (Å²) in [6.07, 6.45) is 6.31. The van der Waals surface area contributed by atoms with Gasteiger partial charge in [0.25, 0.3) is 0 Å². The van der Waals surface area contributed by atoms with Gasteiger partial charge in [-0.25, -0.2) is 0 Å². The first-order chi connectivity index (χ1) is 13.8. The fourth-order valence-electron chi connectivity index (χ4n) is 4.41. The molecule has 2 nitrogen and oxygen atoms in total. The molecule has 0 atom stereocenters. The van der Waals surface area contributed by atoms with Crippen molar-refractivity contribution in [3.05, 3.63) is 83.7 Å². The van der Waals surface area contributed by atoms with Crippen LogP contribution in [0.15, 0.2) is 67.0 Å². The number of alkyl halides is 1. The van der Waals surface area contributed by atoms with Crippen LogP contribution in [0, 0.1) is 6.92 Å². The molecule has 0 saturated heterocycles. The fourth-order valence-corrected chi connectivity index (χ4v) is 4.99. The molecule has 0 bridgehead atoms. The topological polar surface area (TPSA) is 16.8 Å². The Bertz CT molecular complexity index is 1200. The molecule has 28 heavy (non-hydrogen) atoms. The minimum absolute atomic E-state index is 1.03. The second kappa shape index (κ2) is 7.28. The standard InChI is InChI=1S/C25H22IN2/c1-17-9-13-27-22(16-17)23-19(8-12-26)6-7-20-11-15-28-14-10-18-4-2-3-5-21(18)25(28)24(20)23/h2-7,9-10,13-14,16H,8,11-12,15H2,1H3/q+1. The van der Waals surface area contributed by atoms with Crippen LogP contribution >= 0.6 is 22.6 Å². The molecule has 0 amide bonds. The molecule has 0 radical (unpaired) electrons. The number of aryl methyl sites for hydroxylation is 4. The van der Waals surface area contributed by atoms with Crippen molar-refractivity contribution < 1.29 is 4.57 Å². The Morgan fingerprint density at radius 2 is 1.93 bits per heavy atom. The quantitative estimate of drug-likeness (QED) is 0.210. The second-order valence-corrected chi connectivity index (χ2v) is 8.56. The minimum atomic E-state index is 1.03. The van der Waals surface area contributed by atoms with Gasteiger partial charge in [-0.05, 0) is 53.6 Å². The molecule has 0 N–H and O–H groups in total. The molecule has 2 aromatic heterocycles. The summed E-state index contributed by atoms with van der Waals surface area (Å²) in [5, 5.41) is 2.62. The maximum absolute atomic E-state index is 4.80. The van der Waals surface area contributed by atoms with Crippen molar-refractivity contribution in [2.45, 2.75) is 26.3 Å². The number of rotatable bonds is 3. The van der Waals surface area contributed by atoms with Gasteiger partial charge in [0.15, 0.2) is 12.7 Å². The second-order valence-electron chi connectivity index (χ2n) is 7.49. The van der Waals surface area contributed by atoms with Crippen LogP contribution in [0.25, 0.3) is 33.3 Å². The van der Waals surface area contributed by atoms with Crippen LogP contribution in [0.3, 0.4) is 0 Å². The maximum atomic E-state index is 4.80. The van der Waals surface area contributed by atoms with Gasteiger partial charge in [-0.2, -0.15) is 4.57 Å². The van der Waals surface area contributed by atoms with Crippen LogP contribution in [-0.2, 0) is 19.4 Å². The zero-order valence-corrected chi connectivity index (χ0v) is 18.1. The molecule has 0 unspecified atom stereocenters. The summed E-state index contributed by atoms with van der Waals surface area (Å²) in [5.41, 5.74) is 9.22. The van der Waals surface area contributed by atoms with Gasteiger partial charge in [0, 0.05) is 28.7 Å². The van der Waals surface area contributed by atoms with Crippen LogP contribution in [0.4, 0.5) is 0 Å². The molecule has 0 aliphatic carbocycles. The molecule has 3 heteroatoms. The molecule has 1 aliphatic rings. The van der Waals surface area contributed by atoms with Crippen molar-refractivity contribution in [2.75, 3.05) is 4.43 Å². The number of halogens is 1. The van der Waals surface area contributed by atoms with Gasteiger partial charge < -0.3 is 0 Å². The number of hydrogen-bond acceptors (Lipinski definition) is 1. The Morgan fingerprint density at radius 1 is 1.04 bits per heavy atom. The van der Waals surface area contributed by atoms with Crippen molar-refractivity contribution in [1.29, 1.82) is 0 Å². The molecule has 0 spiro atoms. The van der Waals surface area contributed by atoms with Gasteiger partial charge in [-0.15, -0.1) is 0 Å². The van der Waals surface area contributed by atoms with Gasteiger partial charge >= 0.3 is 0 Å². The third kappa shape index (κ3) is 2.93. The Morgan fingerprint density at radius 3 is 2.79 bits per heavy atom. The summed E-state index contributed by atoms with van der Waals surface area (Å²) in [4.78, 5) is 4.80. The van der Waals surface area contributed by atoms with E-state index in [2.05, 4.69) is 94.9 Å². The summed E-state index contributed by atoms with van der Waals surface area (Å²) < 4.78 is 3.53. The Hall–Kier alpha value is -2.27. The molecule has 1 aliphatic heterocycles. The largest absolute Gasteiger partial charge is 0.256 e. The zero-order valence-electron chi connectivity index (χ0n) is 16.0. The number of aromatic nitrogens is 2. The summed E-state index contributed by atoms with van der Waals surface area (Å²) in [5.74, 6) is 0. The van der Waals surface area contributed by atoms with Crippen molar-refractivity contribution in [3.63, 3.8) is 0 Å². The number of nitrogens with zero attached hydrogens (tertiary/aromatic N) is 2. The first-order valence-electron chi connectivity index (χ1n) is 9.81. The van der Waals surface area contributed by atoms with Crippen molar-refractivity contribution in [3.8, 4) is 22.5 Å². The van der Waals surface area contributed by atoms with E-state index >= 15 is 0 Å². The fraction of sp³-hybridized carbons (Fsp3) is 0.200. The predicted octanol–water partition coefficient (Wildman–Crippen LogP) is 5.70. The third-order valence-corrected chi connectivity index (χ3v) is 6.25. The predicted molar refractivity (Wildman–Crippen MR) is 124 cm³/mol. The molecule has 4 aromatic rings. The van der Waals surface area contributed by atoms with Crippen molar-refractivity contribution >= 4 is 33.4 Å². The molecular formula is C25H22IN2+. The average Bonchev–Trinajstić information content (AvgIpc) is 2.73. The number of hydrogen-bond donors (Lipinski definition) is 0. The van der Waals surface area contributed by atoms with E-state index in [0.29, 0.717) is 0 Å². The number of benzene rings is 2. The number of fused-ring (bicyclic) bond motifs is 5. The Labute approximate surface area is 179 Å². The highest BCUT2D eigenvalue weighted by atomic mass is 127. The SMILES string of the molecule is Cc1ccnc(-c2c(CCI)ccc3c2-c2c4ccccc4cc[n+]2CC3)c1. The van der Waals surface area contributed by atoms with Crippen molar-refractivity contribution in [1.82, 2.24) is 4.98 Å². The van der Waals surface area contributed by atoms with Gasteiger partial charge in [0.05, 0.1) is 16.6 Å². The Kier molecular flexibility index (Phi) is 4.63. The molecule has 3 heterocycles. The molecular weight excluding hydrogens is 455 g/mol. The van der Waals surface area contributed by atoms with Gasteiger partial charge in [0.2, 0.25) is 5.69 Å². The third-order valence-electron chi connectivity index (χ3n) is 5.71. The molecule has 0 fully saturated rings. The van der Waals surface area contributed by atoms with Crippen LogP contribution in [0.5, 0.6) is 0 Å². The Balaban J connectivity index is 1.90. The van der Waals surface area contributed by atoms with Gasteiger partial charge in [-0.3, -0.25) is 4.98 Å². The highest BCUT2D eigenvalue weighted by molar-refractivity contribution is 14.1. The zero-order chi connectivity index (χ0) is 19.1. The summed E-state index contributed by atoms with van der Waals surface area (Å²) in [6, 6.07) is 20.0. The normalized spacial score (nSPS) is 12.6. The monoisotopic (exact) mass is 477 g/mol. The van der Waals surface area contributed by atoms with E-state index in [-0.39, 0.29) is 0 Å². The smallest absolute Gasteiger partial charge is 0.221 e. The van der Waals surface area contributed by atoms with E-state index in [9.17, 15) is 0 Å². The van der Waals surface area contributed by atoms with E-state index in [0.717, 1.165) is 29.5 Å². The van der Waals surface area contributed by atoms with Crippen molar-refractivity contribution in [2.24, 2.45) is 0 Å². The van der Waals surface area contributed by atoms with E-state index in [1.807, 2.05) is 6.20 Å².